The maximum Gasteiger partial charge on any atom is 0.332 e. The second kappa shape index (κ2) is 8.13. The van der Waals surface area contributed by atoms with Crippen molar-refractivity contribution in [3.63, 3.8) is 0 Å². The number of carbonyl (C=O) groups excluding carboxylic acids is 2. The molecule has 1 N–H and O–H groups in total. The lowest BCUT2D eigenvalue weighted by atomic mass is 9.92. The summed E-state index contributed by atoms with van der Waals surface area (Å²) in [6.45, 7) is 0.356. The molecule has 166 valence electrons. The monoisotopic (exact) mass is 430 g/mol. The third-order valence-electron chi connectivity index (χ3n) is 6.44. The molecule has 1 saturated carbocycles. The Balaban J connectivity index is 1.68. The van der Waals surface area contributed by atoms with Crippen LogP contribution in [0.2, 0.25) is 0 Å². The van der Waals surface area contributed by atoms with Crippen LogP contribution in [0.3, 0.4) is 0 Å². The molecule has 4 atom stereocenters. The molecule has 4 rings (SSSR count). The van der Waals surface area contributed by atoms with Gasteiger partial charge in [-0.15, -0.1) is 0 Å². The van der Waals surface area contributed by atoms with Crippen molar-refractivity contribution in [2.45, 2.75) is 25.3 Å². The zero-order valence-electron chi connectivity index (χ0n) is 17.7. The number of rotatable bonds is 8. The molecule has 3 amide bonds. The molecule has 3 unspecified atom stereocenters. The van der Waals surface area contributed by atoms with Crippen LogP contribution in [0.4, 0.5) is 10.5 Å². The van der Waals surface area contributed by atoms with E-state index in [-0.39, 0.29) is 11.6 Å². The zero-order chi connectivity index (χ0) is 22.3. The van der Waals surface area contributed by atoms with E-state index in [0.29, 0.717) is 35.6 Å². The SMILES string of the molecule is COc1cc(N2C(=O)[C@H](CC(=O)O)N(CC3CC4C=CC3C4)C2=O)cc(OC)c1OC. The van der Waals surface area contributed by atoms with Crippen molar-refractivity contribution >= 4 is 23.6 Å². The Morgan fingerprint density at radius 2 is 1.74 bits per heavy atom. The summed E-state index contributed by atoms with van der Waals surface area (Å²) in [5.41, 5.74) is 0.246. The summed E-state index contributed by atoms with van der Waals surface area (Å²) in [6, 6.07) is 1.45. The summed E-state index contributed by atoms with van der Waals surface area (Å²) >= 11 is 0. The van der Waals surface area contributed by atoms with E-state index in [0.717, 1.165) is 17.7 Å². The van der Waals surface area contributed by atoms with Crippen molar-refractivity contribution in [3.8, 4) is 17.2 Å². The Morgan fingerprint density at radius 3 is 2.23 bits per heavy atom. The number of aliphatic carboxylic acids is 1. The van der Waals surface area contributed by atoms with Crippen LogP contribution in [-0.4, -0.2) is 61.8 Å². The molecule has 31 heavy (non-hydrogen) atoms. The minimum atomic E-state index is -1.13. The van der Waals surface area contributed by atoms with Crippen molar-refractivity contribution in [3.05, 3.63) is 24.3 Å². The van der Waals surface area contributed by atoms with Gasteiger partial charge in [-0.2, -0.15) is 0 Å². The molecule has 0 spiro atoms. The van der Waals surface area contributed by atoms with Crippen LogP contribution >= 0.6 is 0 Å². The number of allylic oxidation sites excluding steroid dienone is 2. The molecule has 0 aromatic heterocycles. The van der Waals surface area contributed by atoms with Crippen LogP contribution in [-0.2, 0) is 9.59 Å². The number of hydrogen-bond acceptors (Lipinski definition) is 6. The lowest BCUT2D eigenvalue weighted by molar-refractivity contribution is -0.140. The summed E-state index contributed by atoms with van der Waals surface area (Å²) in [5.74, 6) is 0.327. The molecule has 1 saturated heterocycles. The predicted octanol–water partition coefficient (Wildman–Crippen LogP) is 2.54. The molecule has 1 aromatic carbocycles. The summed E-state index contributed by atoms with van der Waals surface area (Å²) < 4.78 is 16.0. The van der Waals surface area contributed by atoms with Crippen LogP contribution in [0.5, 0.6) is 17.2 Å². The van der Waals surface area contributed by atoms with E-state index in [1.165, 1.54) is 38.4 Å². The molecular weight excluding hydrogens is 404 g/mol. The number of anilines is 1. The van der Waals surface area contributed by atoms with E-state index in [2.05, 4.69) is 12.2 Å². The van der Waals surface area contributed by atoms with Gasteiger partial charge in [0.1, 0.15) is 6.04 Å². The van der Waals surface area contributed by atoms with Gasteiger partial charge in [0.15, 0.2) is 11.5 Å². The van der Waals surface area contributed by atoms with Crippen molar-refractivity contribution in [1.29, 1.82) is 0 Å². The standard InChI is InChI=1S/C22H26N2O7/c1-29-17-8-15(9-18(30-2)20(17)31-3)24-21(27)16(10-19(25)26)23(22(24)28)11-14-7-12-4-5-13(14)6-12/h4-5,8-9,12-14,16H,6-7,10-11H2,1-3H3,(H,25,26)/t12?,13?,14?,16-/m0/s1. The third kappa shape index (κ3) is 3.58. The number of carbonyl (C=O) groups is 3. The first kappa shape index (κ1) is 21.0. The Labute approximate surface area is 180 Å². The van der Waals surface area contributed by atoms with Crippen LogP contribution in [0.25, 0.3) is 0 Å². The van der Waals surface area contributed by atoms with Crippen molar-refractivity contribution in [2.75, 3.05) is 32.8 Å². The smallest absolute Gasteiger partial charge is 0.332 e. The van der Waals surface area contributed by atoms with E-state index < -0.39 is 30.4 Å². The van der Waals surface area contributed by atoms with Crippen LogP contribution < -0.4 is 19.1 Å². The van der Waals surface area contributed by atoms with Gasteiger partial charge in [0.25, 0.3) is 5.91 Å². The maximum absolute atomic E-state index is 13.4. The highest BCUT2D eigenvalue weighted by Crippen LogP contribution is 2.45. The van der Waals surface area contributed by atoms with Gasteiger partial charge < -0.3 is 24.2 Å². The molecule has 1 heterocycles. The van der Waals surface area contributed by atoms with Gasteiger partial charge in [0.05, 0.1) is 33.4 Å². The van der Waals surface area contributed by atoms with Gasteiger partial charge in [-0.25, -0.2) is 9.69 Å². The first-order valence-corrected chi connectivity index (χ1v) is 10.2. The van der Waals surface area contributed by atoms with Gasteiger partial charge in [-0.1, -0.05) is 12.2 Å². The van der Waals surface area contributed by atoms with E-state index >= 15 is 0 Å². The first-order chi connectivity index (χ1) is 14.9. The average Bonchev–Trinajstić information content (AvgIpc) is 3.43. The Kier molecular flexibility index (Phi) is 5.51. The maximum atomic E-state index is 13.4. The fourth-order valence-electron chi connectivity index (χ4n) is 5.00. The number of amides is 3. The number of fused-ring (bicyclic) bond motifs is 2. The fraction of sp³-hybridized carbons (Fsp3) is 0.500. The van der Waals surface area contributed by atoms with E-state index in [9.17, 15) is 19.5 Å². The molecule has 9 heteroatoms. The lowest BCUT2D eigenvalue weighted by Gasteiger charge is -2.27. The van der Waals surface area contributed by atoms with Crippen LogP contribution in [0, 0.1) is 17.8 Å². The summed E-state index contributed by atoms with van der Waals surface area (Å²) in [5, 5.41) is 9.37. The van der Waals surface area contributed by atoms with E-state index in [1.807, 2.05) is 0 Å². The Bertz CT molecular complexity index is 919. The molecule has 0 radical (unpaired) electrons. The Morgan fingerprint density at radius 1 is 1.06 bits per heavy atom. The highest BCUT2D eigenvalue weighted by molar-refractivity contribution is 6.22. The Hall–Kier alpha value is -3.23. The zero-order valence-corrected chi connectivity index (χ0v) is 17.7. The lowest BCUT2D eigenvalue weighted by Crippen LogP contribution is -2.40. The average molecular weight is 430 g/mol. The molecule has 1 aromatic rings. The minimum absolute atomic E-state index is 0.225. The number of nitrogens with zero attached hydrogens (tertiary/aromatic N) is 2. The summed E-state index contributed by atoms with van der Waals surface area (Å²) in [7, 11) is 4.34. The second-order valence-electron chi connectivity index (χ2n) is 8.15. The first-order valence-electron chi connectivity index (χ1n) is 10.2. The fourth-order valence-corrected chi connectivity index (χ4v) is 5.00. The molecule has 2 aliphatic carbocycles. The number of carboxylic acid groups (broad SMARTS) is 1. The van der Waals surface area contributed by atoms with Gasteiger partial charge in [-0.05, 0) is 30.6 Å². The van der Waals surface area contributed by atoms with Gasteiger partial charge in [-0.3, -0.25) is 9.59 Å². The predicted molar refractivity (Wildman–Crippen MR) is 111 cm³/mol. The third-order valence-corrected chi connectivity index (χ3v) is 6.44. The van der Waals surface area contributed by atoms with Gasteiger partial charge >= 0.3 is 12.0 Å². The molecular formula is C22H26N2O7. The second-order valence-corrected chi connectivity index (χ2v) is 8.15. The summed E-state index contributed by atoms with van der Waals surface area (Å²) in [6.07, 6.45) is 5.94. The van der Waals surface area contributed by atoms with Gasteiger partial charge in [0.2, 0.25) is 5.75 Å². The van der Waals surface area contributed by atoms with Crippen molar-refractivity contribution in [1.82, 2.24) is 4.90 Å². The van der Waals surface area contributed by atoms with Crippen molar-refractivity contribution < 1.29 is 33.7 Å². The minimum Gasteiger partial charge on any atom is -0.493 e. The molecule has 2 fully saturated rings. The van der Waals surface area contributed by atoms with E-state index in [1.54, 1.807) is 0 Å². The number of ether oxygens (including phenoxy) is 3. The number of urea groups is 1. The largest absolute Gasteiger partial charge is 0.493 e. The van der Waals surface area contributed by atoms with Gasteiger partial charge in [0, 0.05) is 18.7 Å². The molecule has 2 bridgehead atoms. The molecule has 3 aliphatic rings. The van der Waals surface area contributed by atoms with E-state index in [4.69, 9.17) is 14.2 Å². The summed E-state index contributed by atoms with van der Waals surface area (Å²) in [4.78, 5) is 40.5. The normalized spacial score (nSPS) is 26.7. The number of methoxy groups -OCH3 is 3. The highest BCUT2D eigenvalue weighted by atomic mass is 16.5. The van der Waals surface area contributed by atoms with Crippen LogP contribution in [0.15, 0.2) is 24.3 Å². The van der Waals surface area contributed by atoms with Crippen LogP contribution in [0.1, 0.15) is 19.3 Å². The molecule has 1 aliphatic heterocycles. The number of imide groups is 1. The molecule has 9 nitrogen and oxygen atoms in total. The number of hydrogen-bond donors (Lipinski definition) is 1. The quantitative estimate of drug-likeness (QED) is 0.499. The topological polar surface area (TPSA) is 106 Å². The number of carboxylic acids is 1. The van der Waals surface area contributed by atoms with Crippen molar-refractivity contribution in [2.24, 2.45) is 17.8 Å². The number of benzene rings is 1. The highest BCUT2D eigenvalue weighted by Gasteiger charge is 2.49.